The molecule has 0 unspecified atom stereocenters. The Morgan fingerprint density at radius 3 is 2.14 bits per heavy atom. The van der Waals surface area contributed by atoms with Gasteiger partial charge in [-0.05, 0) is 23.8 Å². The van der Waals surface area contributed by atoms with Crippen LogP contribution in [0.25, 0.3) is 0 Å². The number of benzene rings is 1. The highest BCUT2D eigenvalue weighted by Gasteiger charge is 2.46. The van der Waals surface area contributed by atoms with E-state index in [1.165, 1.54) is 4.90 Å². The molecule has 3 rings (SSSR count). The molecule has 1 aliphatic carbocycles. The average molecular weight is 306 g/mol. The first-order valence-electron chi connectivity index (χ1n) is 7.61. The number of amides is 2. The van der Waals surface area contributed by atoms with Crippen LogP contribution in [0.2, 0.25) is 0 Å². The van der Waals surface area contributed by atoms with E-state index in [0.29, 0.717) is 12.8 Å². The zero-order valence-corrected chi connectivity index (χ0v) is 12.8. The molecule has 1 aliphatic heterocycles. The fourth-order valence-corrected chi connectivity index (χ4v) is 4.14. The first-order chi connectivity index (χ1) is 10.2. The van der Waals surface area contributed by atoms with E-state index in [2.05, 4.69) is 0 Å². The summed E-state index contributed by atoms with van der Waals surface area (Å²) in [5.74, 6) is 0.138. The van der Waals surface area contributed by atoms with Crippen LogP contribution in [0.1, 0.15) is 50.1 Å². The summed E-state index contributed by atoms with van der Waals surface area (Å²) in [6.45, 7) is 0. The van der Waals surface area contributed by atoms with Gasteiger partial charge in [0.1, 0.15) is 0 Å². The number of likely N-dealkylation sites (tertiary alicyclic amines) is 1. The number of alkyl halides is 1. The lowest BCUT2D eigenvalue weighted by molar-refractivity contribution is -0.156. The molecule has 1 saturated heterocycles. The fraction of sp³-hybridized carbons (Fsp3) is 0.529. The maximum absolute atomic E-state index is 12.6. The van der Waals surface area contributed by atoms with Crippen LogP contribution in [-0.4, -0.2) is 22.6 Å². The summed E-state index contributed by atoms with van der Waals surface area (Å²) in [4.78, 5) is 26.6. The van der Waals surface area contributed by atoms with Gasteiger partial charge in [-0.2, -0.15) is 0 Å². The maximum Gasteiger partial charge on any atom is 0.230 e. The molecule has 21 heavy (non-hydrogen) atoms. The number of carbonyl (C=O) groups excluding carboxylic acids is 2. The molecule has 0 radical (unpaired) electrons. The number of nitrogens with zero attached hydrogens (tertiary/aromatic N) is 1. The second-order valence-corrected chi connectivity index (χ2v) is 6.61. The maximum atomic E-state index is 12.6. The van der Waals surface area contributed by atoms with E-state index in [1.54, 1.807) is 0 Å². The Morgan fingerprint density at radius 1 is 1.05 bits per heavy atom. The Balaban J connectivity index is 1.85. The first kappa shape index (κ1) is 14.6. The first-order valence-corrected chi connectivity index (χ1v) is 8.14. The minimum atomic E-state index is -0.341. The Morgan fingerprint density at radius 2 is 1.62 bits per heavy atom. The van der Waals surface area contributed by atoms with Crippen LogP contribution >= 0.6 is 11.6 Å². The third-order valence-electron chi connectivity index (χ3n) is 4.90. The Hall–Kier alpha value is -1.35. The Kier molecular flexibility index (Phi) is 4.03. The molecular weight excluding hydrogens is 286 g/mol. The molecule has 4 heteroatoms. The quantitative estimate of drug-likeness (QED) is 0.631. The van der Waals surface area contributed by atoms with Gasteiger partial charge >= 0.3 is 0 Å². The van der Waals surface area contributed by atoms with Crippen molar-refractivity contribution in [1.82, 2.24) is 4.90 Å². The largest absolute Gasteiger partial charge is 0.274 e. The number of carbonyl (C=O) groups is 2. The van der Waals surface area contributed by atoms with Crippen molar-refractivity contribution in [2.24, 2.45) is 5.41 Å². The summed E-state index contributed by atoms with van der Waals surface area (Å²) in [6, 6.07) is 9.24. The number of imide groups is 1. The molecular formula is C17H20ClNO2. The zero-order chi connectivity index (χ0) is 14.9. The van der Waals surface area contributed by atoms with Crippen LogP contribution in [0.15, 0.2) is 30.3 Å². The third-order valence-corrected chi connectivity index (χ3v) is 5.19. The number of rotatable bonds is 3. The molecule has 1 spiro atoms. The molecule has 2 aliphatic rings. The van der Waals surface area contributed by atoms with Gasteiger partial charge in [-0.25, -0.2) is 0 Å². The molecule has 0 bridgehead atoms. The van der Waals surface area contributed by atoms with Gasteiger partial charge < -0.3 is 0 Å². The van der Waals surface area contributed by atoms with Crippen molar-refractivity contribution in [1.29, 1.82) is 0 Å². The fourth-order valence-electron chi connectivity index (χ4n) is 3.82. The van der Waals surface area contributed by atoms with E-state index >= 15 is 0 Å². The second-order valence-electron chi connectivity index (χ2n) is 6.30. The molecule has 2 amide bonds. The molecule has 0 N–H and O–H groups in total. The summed E-state index contributed by atoms with van der Waals surface area (Å²) < 4.78 is 0. The van der Waals surface area contributed by atoms with Crippen LogP contribution in [0.4, 0.5) is 0 Å². The smallest absolute Gasteiger partial charge is 0.230 e. The van der Waals surface area contributed by atoms with Crippen molar-refractivity contribution < 1.29 is 9.59 Å². The molecule has 0 aromatic heterocycles. The minimum absolute atomic E-state index is 0.0531. The van der Waals surface area contributed by atoms with Gasteiger partial charge in [0.25, 0.3) is 0 Å². The summed E-state index contributed by atoms with van der Waals surface area (Å²) in [5.41, 5.74) is 0.870. The lowest BCUT2D eigenvalue weighted by Gasteiger charge is -2.40. The van der Waals surface area contributed by atoms with Gasteiger partial charge in [0.05, 0.1) is 6.04 Å². The second kappa shape index (κ2) is 5.80. The third kappa shape index (κ3) is 2.71. The van der Waals surface area contributed by atoms with Crippen LogP contribution in [0, 0.1) is 5.41 Å². The van der Waals surface area contributed by atoms with Crippen molar-refractivity contribution in [3.63, 3.8) is 0 Å². The van der Waals surface area contributed by atoms with E-state index in [-0.39, 0.29) is 29.2 Å². The average Bonchev–Trinajstić information content (AvgIpc) is 2.91. The van der Waals surface area contributed by atoms with Crippen molar-refractivity contribution >= 4 is 23.4 Å². The van der Waals surface area contributed by atoms with E-state index in [9.17, 15) is 9.59 Å². The van der Waals surface area contributed by atoms with Crippen LogP contribution in [-0.2, 0) is 9.59 Å². The van der Waals surface area contributed by atoms with Crippen LogP contribution in [0.5, 0.6) is 0 Å². The number of hydrogen-bond donors (Lipinski definition) is 0. The molecule has 1 saturated carbocycles. The van der Waals surface area contributed by atoms with E-state index in [4.69, 9.17) is 11.6 Å². The Bertz CT molecular complexity index is 517. The van der Waals surface area contributed by atoms with E-state index < -0.39 is 0 Å². The van der Waals surface area contributed by atoms with Crippen molar-refractivity contribution in [3.8, 4) is 0 Å². The highest BCUT2D eigenvalue weighted by Crippen LogP contribution is 2.48. The highest BCUT2D eigenvalue weighted by atomic mass is 35.5. The Labute approximate surface area is 130 Å². The van der Waals surface area contributed by atoms with Gasteiger partial charge in [-0.1, -0.05) is 43.2 Å². The number of piperidine rings is 1. The van der Waals surface area contributed by atoms with Gasteiger partial charge in [0, 0.05) is 18.7 Å². The van der Waals surface area contributed by atoms with Gasteiger partial charge in [-0.3, -0.25) is 14.5 Å². The van der Waals surface area contributed by atoms with Gasteiger partial charge in [-0.15, -0.1) is 11.6 Å². The molecule has 2 fully saturated rings. The lowest BCUT2D eigenvalue weighted by atomic mass is 9.76. The number of halogens is 1. The molecule has 1 atom stereocenters. The molecule has 3 nitrogen and oxygen atoms in total. The summed E-state index contributed by atoms with van der Waals surface area (Å²) in [5, 5.41) is 0. The summed E-state index contributed by atoms with van der Waals surface area (Å²) >= 11 is 6.07. The van der Waals surface area contributed by atoms with Gasteiger partial charge in [0.2, 0.25) is 11.8 Å². The normalized spacial score (nSPS) is 22.8. The van der Waals surface area contributed by atoms with Crippen molar-refractivity contribution in [3.05, 3.63) is 35.9 Å². The standard InChI is InChI=1S/C17H20ClNO2/c18-12-14(13-6-2-1-3-7-13)19-15(20)10-17(11-16(19)21)8-4-5-9-17/h1-3,6-7,14H,4-5,8-12H2/t14-/m0/s1. The molecule has 1 heterocycles. The predicted molar refractivity (Wildman–Crippen MR) is 81.9 cm³/mol. The van der Waals surface area contributed by atoms with E-state index in [0.717, 1.165) is 31.2 Å². The van der Waals surface area contributed by atoms with E-state index in [1.807, 2.05) is 30.3 Å². The SMILES string of the molecule is O=C1CC2(CCCC2)CC(=O)N1[C@@H](CCl)c1ccccc1. The van der Waals surface area contributed by atoms with Gasteiger partial charge in [0.15, 0.2) is 0 Å². The topological polar surface area (TPSA) is 37.4 Å². The zero-order valence-electron chi connectivity index (χ0n) is 12.1. The summed E-state index contributed by atoms with van der Waals surface area (Å²) in [7, 11) is 0. The highest BCUT2D eigenvalue weighted by molar-refractivity contribution is 6.18. The minimum Gasteiger partial charge on any atom is -0.274 e. The molecule has 1 aromatic carbocycles. The molecule has 112 valence electrons. The van der Waals surface area contributed by atoms with Crippen LogP contribution < -0.4 is 0 Å². The predicted octanol–water partition coefficient (Wildman–Crippen LogP) is 3.68. The summed E-state index contributed by atoms with van der Waals surface area (Å²) in [6.07, 6.45) is 5.29. The van der Waals surface area contributed by atoms with Crippen LogP contribution in [0.3, 0.4) is 0 Å². The lowest BCUT2D eigenvalue weighted by Crippen LogP contribution is -2.49. The van der Waals surface area contributed by atoms with Crippen molar-refractivity contribution in [2.75, 3.05) is 5.88 Å². The van der Waals surface area contributed by atoms with Crippen molar-refractivity contribution in [2.45, 2.75) is 44.6 Å². The monoisotopic (exact) mass is 305 g/mol. The molecule has 1 aromatic rings. The number of hydrogen-bond acceptors (Lipinski definition) is 2.